The summed E-state index contributed by atoms with van der Waals surface area (Å²) in [6.45, 7) is 0. The van der Waals surface area contributed by atoms with Crippen molar-refractivity contribution in [2.75, 3.05) is 43.4 Å². The van der Waals surface area contributed by atoms with Gasteiger partial charge in [-0.15, -0.1) is 0 Å². The average molecular weight is 302 g/mol. The van der Waals surface area contributed by atoms with E-state index in [9.17, 15) is 4.79 Å². The number of nitrogens with one attached hydrogen (secondary N) is 2. The first kappa shape index (κ1) is 15.4. The fourth-order valence-electron chi connectivity index (χ4n) is 1.49. The molecule has 0 radical (unpaired) electrons. The van der Waals surface area contributed by atoms with Crippen LogP contribution in [0.3, 0.4) is 0 Å². The molecule has 0 aliphatic carbocycles. The lowest BCUT2D eigenvalue weighted by Crippen LogP contribution is -2.31. The Bertz CT molecular complexity index is 617. The van der Waals surface area contributed by atoms with E-state index in [0.717, 1.165) is 0 Å². The van der Waals surface area contributed by atoms with Gasteiger partial charge in [-0.3, -0.25) is 20.6 Å². The number of anilines is 3. The highest BCUT2D eigenvalue weighted by Crippen LogP contribution is 2.12. The molecule has 2 N–H and O–H groups in total. The largest absolute Gasteiger partial charge is 0.347 e. The molecule has 0 unspecified atom stereocenters. The Morgan fingerprint density at radius 3 is 2.18 bits per heavy atom. The van der Waals surface area contributed by atoms with E-state index >= 15 is 0 Å². The van der Waals surface area contributed by atoms with Crippen molar-refractivity contribution in [3.8, 4) is 0 Å². The Morgan fingerprint density at radius 1 is 1.05 bits per heavy atom. The first-order valence-electron chi connectivity index (χ1n) is 6.54. The minimum atomic E-state index is -0.327. The Labute approximate surface area is 128 Å². The van der Waals surface area contributed by atoms with E-state index in [1.165, 1.54) is 6.20 Å². The van der Waals surface area contributed by atoms with Gasteiger partial charge in [-0.2, -0.15) is 15.0 Å². The van der Waals surface area contributed by atoms with Crippen molar-refractivity contribution in [2.24, 2.45) is 0 Å². The molecule has 9 nitrogen and oxygen atoms in total. The number of carbonyl (C=O) groups excluding carboxylic acids is 1. The van der Waals surface area contributed by atoms with Crippen LogP contribution in [0.25, 0.3) is 0 Å². The summed E-state index contributed by atoms with van der Waals surface area (Å²) in [6.07, 6.45) is 3.07. The molecule has 0 saturated heterocycles. The van der Waals surface area contributed by atoms with Crippen molar-refractivity contribution < 1.29 is 4.79 Å². The van der Waals surface area contributed by atoms with Gasteiger partial charge in [-0.05, 0) is 12.1 Å². The Kier molecular flexibility index (Phi) is 4.66. The van der Waals surface area contributed by atoms with Crippen molar-refractivity contribution in [2.45, 2.75) is 0 Å². The molecule has 0 fully saturated rings. The lowest BCUT2D eigenvalue weighted by molar-refractivity contribution is 0.0962. The van der Waals surface area contributed by atoms with Crippen LogP contribution in [0.1, 0.15) is 10.4 Å². The number of hydrogen-bond donors (Lipinski definition) is 2. The van der Waals surface area contributed by atoms with Gasteiger partial charge in [0.2, 0.25) is 17.8 Å². The zero-order chi connectivity index (χ0) is 16.1. The highest BCUT2D eigenvalue weighted by Gasteiger charge is 2.11. The van der Waals surface area contributed by atoms with Gasteiger partial charge < -0.3 is 9.80 Å². The van der Waals surface area contributed by atoms with E-state index in [4.69, 9.17) is 0 Å². The molecule has 2 heterocycles. The number of nitrogens with zero attached hydrogens (tertiary/aromatic N) is 6. The predicted molar refractivity (Wildman–Crippen MR) is 83.8 cm³/mol. The second-order valence-electron chi connectivity index (χ2n) is 4.87. The van der Waals surface area contributed by atoms with Crippen LogP contribution in [0, 0.1) is 0 Å². The molecule has 116 valence electrons. The van der Waals surface area contributed by atoms with Gasteiger partial charge >= 0.3 is 0 Å². The fourth-order valence-corrected chi connectivity index (χ4v) is 1.49. The summed E-state index contributed by atoms with van der Waals surface area (Å²) >= 11 is 0. The maximum atomic E-state index is 11.9. The van der Waals surface area contributed by atoms with Crippen LogP contribution in [0.15, 0.2) is 24.5 Å². The third-order valence-corrected chi connectivity index (χ3v) is 2.62. The Balaban J connectivity index is 2.13. The van der Waals surface area contributed by atoms with E-state index in [1.54, 1.807) is 28.1 Å². The fraction of sp³-hybridized carbons (Fsp3) is 0.308. The van der Waals surface area contributed by atoms with Crippen LogP contribution in [-0.2, 0) is 0 Å². The normalized spacial score (nSPS) is 10.0. The second kappa shape index (κ2) is 6.66. The summed E-state index contributed by atoms with van der Waals surface area (Å²) in [6, 6.07) is 3.35. The van der Waals surface area contributed by atoms with Gasteiger partial charge in [0, 0.05) is 40.6 Å². The van der Waals surface area contributed by atoms with Gasteiger partial charge in [0.15, 0.2) is 0 Å². The van der Waals surface area contributed by atoms with Gasteiger partial charge in [-0.25, -0.2) is 0 Å². The molecular formula is C13H18N8O. The predicted octanol–water partition coefficient (Wildman–Crippen LogP) is 0.155. The highest BCUT2D eigenvalue weighted by molar-refractivity contribution is 5.94. The molecule has 0 aliphatic heterocycles. The first-order valence-corrected chi connectivity index (χ1v) is 6.54. The van der Waals surface area contributed by atoms with Crippen molar-refractivity contribution >= 4 is 23.8 Å². The molecule has 9 heteroatoms. The van der Waals surface area contributed by atoms with Crippen molar-refractivity contribution in [1.29, 1.82) is 0 Å². The van der Waals surface area contributed by atoms with Crippen LogP contribution in [0.4, 0.5) is 17.8 Å². The minimum Gasteiger partial charge on any atom is -0.347 e. The number of aromatic nitrogens is 4. The van der Waals surface area contributed by atoms with Crippen molar-refractivity contribution in [1.82, 2.24) is 25.4 Å². The lowest BCUT2D eigenvalue weighted by Gasteiger charge is -2.16. The quantitative estimate of drug-likeness (QED) is 0.753. The van der Waals surface area contributed by atoms with Gasteiger partial charge in [0.25, 0.3) is 5.91 Å². The summed E-state index contributed by atoms with van der Waals surface area (Å²) < 4.78 is 0. The van der Waals surface area contributed by atoms with Crippen molar-refractivity contribution in [3.63, 3.8) is 0 Å². The summed E-state index contributed by atoms with van der Waals surface area (Å²) in [5, 5.41) is 0. The molecule has 0 spiro atoms. The third-order valence-electron chi connectivity index (χ3n) is 2.62. The van der Waals surface area contributed by atoms with Crippen LogP contribution in [0.5, 0.6) is 0 Å². The number of pyridine rings is 1. The van der Waals surface area contributed by atoms with E-state index in [2.05, 4.69) is 30.8 Å². The van der Waals surface area contributed by atoms with Crippen LogP contribution in [-0.4, -0.2) is 54.0 Å². The molecule has 0 saturated carbocycles. The van der Waals surface area contributed by atoms with Gasteiger partial charge in [-0.1, -0.05) is 0 Å². The first-order chi connectivity index (χ1) is 10.5. The van der Waals surface area contributed by atoms with E-state index in [0.29, 0.717) is 17.5 Å². The molecule has 22 heavy (non-hydrogen) atoms. The molecule has 0 aliphatic rings. The summed E-state index contributed by atoms with van der Waals surface area (Å²) in [5.74, 6) is 0.889. The molecule has 2 aromatic rings. The van der Waals surface area contributed by atoms with Crippen molar-refractivity contribution in [3.05, 3.63) is 30.1 Å². The second-order valence-corrected chi connectivity index (χ2v) is 4.87. The number of rotatable bonds is 5. The Morgan fingerprint density at radius 2 is 1.68 bits per heavy atom. The monoisotopic (exact) mass is 302 g/mol. The molecule has 1 amide bonds. The topological polar surface area (TPSA) is 99.2 Å². The molecule has 0 atom stereocenters. The van der Waals surface area contributed by atoms with E-state index in [1.807, 2.05) is 28.2 Å². The third kappa shape index (κ3) is 3.78. The van der Waals surface area contributed by atoms with Gasteiger partial charge in [0.05, 0.1) is 5.56 Å². The zero-order valence-electron chi connectivity index (χ0n) is 12.9. The maximum absolute atomic E-state index is 11.9. The van der Waals surface area contributed by atoms with E-state index in [-0.39, 0.29) is 11.9 Å². The lowest BCUT2D eigenvalue weighted by atomic mass is 10.3. The number of hydrogen-bond acceptors (Lipinski definition) is 8. The molecule has 0 aromatic carbocycles. The highest BCUT2D eigenvalue weighted by atomic mass is 16.2. The van der Waals surface area contributed by atoms with E-state index < -0.39 is 0 Å². The van der Waals surface area contributed by atoms with Crippen LogP contribution < -0.4 is 20.7 Å². The number of hydrazine groups is 1. The van der Waals surface area contributed by atoms with Crippen LogP contribution in [0.2, 0.25) is 0 Å². The zero-order valence-corrected chi connectivity index (χ0v) is 12.9. The number of amides is 1. The van der Waals surface area contributed by atoms with Gasteiger partial charge in [0.1, 0.15) is 0 Å². The minimum absolute atomic E-state index is 0.250. The summed E-state index contributed by atoms with van der Waals surface area (Å²) in [4.78, 5) is 32.1. The van der Waals surface area contributed by atoms with Crippen LogP contribution >= 0.6 is 0 Å². The summed E-state index contributed by atoms with van der Waals surface area (Å²) in [5.41, 5.74) is 5.65. The summed E-state index contributed by atoms with van der Waals surface area (Å²) in [7, 11) is 7.30. The smallest absolute Gasteiger partial charge is 0.271 e. The molecule has 2 aromatic heterocycles. The molecule has 0 bridgehead atoms. The SMILES string of the molecule is CN(C)c1nc(NNC(=O)c2cccnc2)nc(N(C)C)n1. The molecular weight excluding hydrogens is 284 g/mol. The number of carbonyl (C=O) groups is 1. The molecule has 2 rings (SSSR count). The standard InChI is InChI=1S/C13H18N8O/c1-20(2)12-15-11(16-13(17-12)21(3)4)19-18-10(22)9-6-5-7-14-8-9/h5-8H,1-4H3,(H,18,22)(H,15,16,17,19). The Hall–Kier alpha value is -2.97. The maximum Gasteiger partial charge on any atom is 0.271 e. The average Bonchev–Trinajstić information content (AvgIpc) is 2.53.